The van der Waals surface area contributed by atoms with Gasteiger partial charge in [-0.1, -0.05) is 0 Å². The van der Waals surface area contributed by atoms with Gasteiger partial charge in [0.2, 0.25) is 0 Å². The molecule has 1 fully saturated rings. The summed E-state index contributed by atoms with van der Waals surface area (Å²) in [6, 6.07) is 0. The van der Waals surface area contributed by atoms with Gasteiger partial charge >= 0.3 is 11.8 Å². The van der Waals surface area contributed by atoms with Crippen molar-refractivity contribution in [2.75, 3.05) is 31.6 Å². The van der Waals surface area contributed by atoms with Crippen molar-refractivity contribution in [2.45, 2.75) is 12.8 Å². The van der Waals surface area contributed by atoms with Crippen molar-refractivity contribution < 1.29 is 9.59 Å². The fourth-order valence-electron chi connectivity index (χ4n) is 2.25. The lowest BCUT2D eigenvalue weighted by Gasteiger charge is -2.32. The van der Waals surface area contributed by atoms with Gasteiger partial charge in [-0.3, -0.25) is 14.6 Å². The number of nitrogens with one attached hydrogen (secondary N) is 2. The summed E-state index contributed by atoms with van der Waals surface area (Å²) in [5, 5.41) is 4.97. The highest BCUT2D eigenvalue weighted by molar-refractivity contribution is 6.34. The molecule has 0 radical (unpaired) electrons. The Labute approximate surface area is 117 Å². The molecule has 1 aliphatic rings. The molecule has 0 bridgehead atoms. The quantitative estimate of drug-likeness (QED) is 0.731. The second kappa shape index (κ2) is 6.83. The zero-order valence-corrected chi connectivity index (χ0v) is 11.5. The number of aromatic nitrogens is 2. The molecule has 0 unspecified atom stereocenters. The van der Waals surface area contributed by atoms with Gasteiger partial charge in [0.05, 0.1) is 6.20 Å². The van der Waals surface area contributed by atoms with Crippen LogP contribution in [0.4, 0.5) is 5.82 Å². The largest absolute Gasteiger partial charge is 0.355 e. The van der Waals surface area contributed by atoms with Gasteiger partial charge in [0, 0.05) is 39.1 Å². The molecule has 1 saturated heterocycles. The van der Waals surface area contributed by atoms with E-state index in [1.165, 1.54) is 7.05 Å². The minimum Gasteiger partial charge on any atom is -0.355 e. The summed E-state index contributed by atoms with van der Waals surface area (Å²) >= 11 is 0. The van der Waals surface area contributed by atoms with Crippen LogP contribution in [0.3, 0.4) is 0 Å². The van der Waals surface area contributed by atoms with E-state index in [-0.39, 0.29) is 0 Å². The normalized spacial score (nSPS) is 15.8. The molecule has 2 amide bonds. The molecule has 20 heavy (non-hydrogen) atoms. The van der Waals surface area contributed by atoms with Crippen LogP contribution in [0.5, 0.6) is 0 Å². The number of nitrogens with zero attached hydrogens (tertiary/aromatic N) is 3. The minimum atomic E-state index is -0.595. The van der Waals surface area contributed by atoms with Gasteiger partial charge in [0.1, 0.15) is 5.82 Å². The first-order valence-electron chi connectivity index (χ1n) is 6.71. The van der Waals surface area contributed by atoms with Crippen molar-refractivity contribution in [3.63, 3.8) is 0 Å². The Morgan fingerprint density at radius 1 is 1.30 bits per heavy atom. The van der Waals surface area contributed by atoms with Gasteiger partial charge in [-0.2, -0.15) is 0 Å². The first kappa shape index (κ1) is 14.2. The summed E-state index contributed by atoms with van der Waals surface area (Å²) in [4.78, 5) is 32.9. The molecule has 0 spiro atoms. The van der Waals surface area contributed by atoms with Crippen LogP contribution >= 0.6 is 0 Å². The number of amides is 2. The predicted octanol–water partition coefficient (Wildman–Crippen LogP) is -0.445. The van der Waals surface area contributed by atoms with Crippen LogP contribution in [0.1, 0.15) is 12.8 Å². The van der Waals surface area contributed by atoms with E-state index < -0.39 is 11.8 Å². The van der Waals surface area contributed by atoms with Crippen LogP contribution in [0.25, 0.3) is 0 Å². The highest BCUT2D eigenvalue weighted by Crippen LogP contribution is 2.20. The van der Waals surface area contributed by atoms with Crippen LogP contribution in [-0.4, -0.2) is 48.5 Å². The standard InChI is InChI=1S/C13H19N5O2/c1-14-12(19)13(20)17-8-10-2-6-18(7-3-10)11-9-15-4-5-16-11/h4-5,9-10H,2-3,6-8H2,1H3,(H,14,19)(H,17,20). The fraction of sp³-hybridized carbons (Fsp3) is 0.538. The Kier molecular flexibility index (Phi) is 4.86. The van der Waals surface area contributed by atoms with Gasteiger partial charge in [-0.25, -0.2) is 4.98 Å². The van der Waals surface area contributed by atoms with E-state index in [1.807, 2.05) is 0 Å². The molecule has 1 aliphatic heterocycles. The Morgan fingerprint density at radius 3 is 2.65 bits per heavy atom. The lowest BCUT2D eigenvalue weighted by atomic mass is 9.97. The third-order valence-corrected chi connectivity index (χ3v) is 3.47. The molecule has 108 valence electrons. The molecule has 0 saturated carbocycles. The summed E-state index contributed by atoms with van der Waals surface area (Å²) in [5.41, 5.74) is 0. The summed E-state index contributed by atoms with van der Waals surface area (Å²) in [6.45, 7) is 2.32. The molecule has 7 heteroatoms. The maximum absolute atomic E-state index is 11.4. The average Bonchev–Trinajstić information content (AvgIpc) is 2.53. The Hall–Kier alpha value is -2.18. The molecule has 2 rings (SSSR count). The van der Waals surface area contributed by atoms with Crippen molar-refractivity contribution in [3.05, 3.63) is 18.6 Å². The lowest BCUT2D eigenvalue weighted by molar-refractivity contribution is -0.139. The minimum absolute atomic E-state index is 0.400. The van der Waals surface area contributed by atoms with Crippen molar-refractivity contribution in [1.82, 2.24) is 20.6 Å². The molecule has 7 nitrogen and oxygen atoms in total. The van der Waals surface area contributed by atoms with Crippen LogP contribution in [0.2, 0.25) is 0 Å². The topological polar surface area (TPSA) is 87.2 Å². The van der Waals surface area contributed by atoms with Crippen LogP contribution in [-0.2, 0) is 9.59 Å². The first-order chi connectivity index (χ1) is 9.70. The number of piperidine rings is 1. The van der Waals surface area contributed by atoms with E-state index in [4.69, 9.17) is 0 Å². The van der Waals surface area contributed by atoms with Gasteiger partial charge in [-0.05, 0) is 18.8 Å². The number of carbonyl (C=O) groups is 2. The molecule has 0 aromatic carbocycles. The van der Waals surface area contributed by atoms with Crippen molar-refractivity contribution in [1.29, 1.82) is 0 Å². The monoisotopic (exact) mass is 277 g/mol. The van der Waals surface area contributed by atoms with Gasteiger partial charge < -0.3 is 15.5 Å². The van der Waals surface area contributed by atoms with E-state index in [2.05, 4.69) is 25.5 Å². The lowest BCUT2D eigenvalue weighted by Crippen LogP contribution is -2.43. The van der Waals surface area contributed by atoms with E-state index >= 15 is 0 Å². The molecule has 2 heterocycles. The maximum atomic E-state index is 11.4. The van der Waals surface area contributed by atoms with Crippen LogP contribution < -0.4 is 15.5 Å². The first-order valence-corrected chi connectivity index (χ1v) is 6.71. The van der Waals surface area contributed by atoms with E-state index in [0.29, 0.717) is 12.5 Å². The number of rotatable bonds is 3. The zero-order valence-electron chi connectivity index (χ0n) is 11.5. The third-order valence-electron chi connectivity index (χ3n) is 3.47. The molecular formula is C13H19N5O2. The molecular weight excluding hydrogens is 258 g/mol. The second-order valence-electron chi connectivity index (χ2n) is 4.78. The summed E-state index contributed by atoms with van der Waals surface area (Å²) in [7, 11) is 1.45. The van der Waals surface area contributed by atoms with Crippen molar-refractivity contribution in [2.24, 2.45) is 5.92 Å². The SMILES string of the molecule is CNC(=O)C(=O)NCC1CCN(c2cnccn2)CC1. The summed E-state index contributed by atoms with van der Waals surface area (Å²) in [5.74, 6) is 0.128. The van der Waals surface area contributed by atoms with Crippen LogP contribution in [0.15, 0.2) is 18.6 Å². The van der Waals surface area contributed by atoms with E-state index in [0.717, 1.165) is 31.7 Å². The molecule has 2 N–H and O–H groups in total. The smallest absolute Gasteiger partial charge is 0.309 e. The highest BCUT2D eigenvalue weighted by Gasteiger charge is 2.21. The number of anilines is 1. The Bertz CT molecular complexity index is 457. The van der Waals surface area contributed by atoms with Crippen LogP contribution in [0, 0.1) is 5.92 Å². The highest BCUT2D eigenvalue weighted by atomic mass is 16.2. The Morgan fingerprint density at radius 2 is 2.05 bits per heavy atom. The zero-order chi connectivity index (χ0) is 14.4. The third kappa shape index (κ3) is 3.66. The molecule has 1 aromatic heterocycles. The predicted molar refractivity (Wildman–Crippen MR) is 74.0 cm³/mol. The molecule has 0 aliphatic carbocycles. The number of hydrogen-bond acceptors (Lipinski definition) is 5. The number of carbonyl (C=O) groups excluding carboxylic acids is 2. The van der Waals surface area contributed by atoms with Gasteiger partial charge in [0.25, 0.3) is 0 Å². The second-order valence-corrected chi connectivity index (χ2v) is 4.78. The Balaban J connectivity index is 1.75. The van der Waals surface area contributed by atoms with E-state index in [1.54, 1.807) is 18.6 Å². The summed E-state index contributed by atoms with van der Waals surface area (Å²) in [6.07, 6.45) is 7.03. The number of hydrogen-bond donors (Lipinski definition) is 2. The van der Waals surface area contributed by atoms with Gasteiger partial charge in [-0.15, -0.1) is 0 Å². The van der Waals surface area contributed by atoms with Crippen molar-refractivity contribution >= 4 is 17.6 Å². The molecule has 1 aromatic rings. The fourth-order valence-corrected chi connectivity index (χ4v) is 2.25. The average molecular weight is 277 g/mol. The summed E-state index contributed by atoms with van der Waals surface area (Å²) < 4.78 is 0. The van der Waals surface area contributed by atoms with Crippen molar-refractivity contribution in [3.8, 4) is 0 Å². The maximum Gasteiger partial charge on any atom is 0.309 e. The van der Waals surface area contributed by atoms with Gasteiger partial charge in [0.15, 0.2) is 0 Å². The van der Waals surface area contributed by atoms with E-state index in [9.17, 15) is 9.59 Å². The number of likely N-dealkylation sites (N-methyl/N-ethyl adjacent to an activating group) is 1. The molecule has 0 atom stereocenters.